The molecular formula is C48H37NO. The second-order valence-corrected chi connectivity index (χ2v) is 15.0. The van der Waals surface area contributed by atoms with Crippen LogP contribution in [0.3, 0.4) is 0 Å². The summed E-state index contributed by atoms with van der Waals surface area (Å²) in [5, 5.41) is 2.30. The lowest BCUT2D eigenvalue weighted by molar-refractivity contribution is 0.658. The summed E-state index contributed by atoms with van der Waals surface area (Å²) in [6.45, 7) is 9.47. The Morgan fingerprint density at radius 1 is 0.420 bits per heavy atom. The highest BCUT2D eigenvalue weighted by Gasteiger charge is 2.40. The molecule has 0 spiro atoms. The van der Waals surface area contributed by atoms with Gasteiger partial charge in [0.25, 0.3) is 0 Å². The summed E-state index contributed by atoms with van der Waals surface area (Å²) in [6, 6.07) is 55.6. The predicted molar refractivity (Wildman–Crippen MR) is 209 cm³/mol. The van der Waals surface area contributed by atoms with Crippen molar-refractivity contribution in [1.29, 1.82) is 0 Å². The van der Waals surface area contributed by atoms with Gasteiger partial charge in [-0.3, -0.25) is 0 Å². The van der Waals surface area contributed by atoms with Gasteiger partial charge in [0, 0.05) is 33.0 Å². The van der Waals surface area contributed by atoms with Crippen LogP contribution in [0.1, 0.15) is 49.9 Å². The molecule has 0 aliphatic heterocycles. The Balaban J connectivity index is 1.14. The lowest BCUT2D eigenvalue weighted by atomic mass is 9.81. The van der Waals surface area contributed by atoms with Gasteiger partial charge < -0.3 is 9.32 Å². The number of fused-ring (bicyclic) bond motifs is 9. The molecule has 0 unspecified atom stereocenters. The summed E-state index contributed by atoms with van der Waals surface area (Å²) in [6.07, 6.45) is 0. The lowest BCUT2D eigenvalue weighted by Gasteiger charge is -2.33. The molecule has 0 saturated heterocycles. The van der Waals surface area contributed by atoms with Crippen molar-refractivity contribution < 1.29 is 4.42 Å². The molecule has 7 aromatic carbocycles. The average Bonchev–Trinajstić information content (AvgIpc) is 3.72. The molecule has 2 aliphatic rings. The molecule has 0 radical (unpaired) electrons. The summed E-state index contributed by atoms with van der Waals surface area (Å²) < 4.78 is 6.25. The van der Waals surface area contributed by atoms with Gasteiger partial charge >= 0.3 is 0 Å². The summed E-state index contributed by atoms with van der Waals surface area (Å²) in [7, 11) is 0. The molecule has 240 valence electrons. The van der Waals surface area contributed by atoms with E-state index in [0.29, 0.717) is 0 Å². The predicted octanol–water partition coefficient (Wildman–Crippen LogP) is 13.3. The molecule has 2 aliphatic carbocycles. The highest BCUT2D eigenvalue weighted by Crippen LogP contribution is 2.55. The molecule has 0 amide bonds. The van der Waals surface area contributed by atoms with Crippen LogP contribution in [0, 0.1) is 0 Å². The first-order valence-electron chi connectivity index (χ1n) is 17.6. The third-order valence-corrected chi connectivity index (χ3v) is 11.5. The molecule has 0 fully saturated rings. The standard InChI is InChI=1S/C48H37NO/c1-47(2)40-16-8-5-12-34(40)36-27-25-33(29-42(36)47)49(43-18-11-15-39-35-13-6-9-17-41(35)48(3,4)46(39)43)32-23-20-30(21-24-32)31-22-26-38-37-14-7-10-19-44(37)50-45(38)28-31/h5-29H,1-4H3. The van der Waals surface area contributed by atoms with Crippen LogP contribution in [0.15, 0.2) is 156 Å². The van der Waals surface area contributed by atoms with Crippen LogP contribution in [0.5, 0.6) is 0 Å². The fourth-order valence-corrected chi connectivity index (χ4v) is 8.97. The number of furan rings is 1. The third kappa shape index (κ3) is 4.02. The Bertz CT molecular complexity index is 2650. The second kappa shape index (κ2) is 10.3. The average molecular weight is 644 g/mol. The fraction of sp³-hybridized carbons (Fsp3) is 0.125. The first kappa shape index (κ1) is 29.1. The van der Waals surface area contributed by atoms with Gasteiger partial charge in [0.05, 0.1) is 5.69 Å². The minimum absolute atomic E-state index is 0.0963. The minimum Gasteiger partial charge on any atom is -0.456 e. The molecule has 50 heavy (non-hydrogen) atoms. The van der Waals surface area contributed by atoms with E-state index >= 15 is 0 Å². The smallest absolute Gasteiger partial charge is 0.136 e. The molecule has 0 saturated carbocycles. The van der Waals surface area contributed by atoms with Gasteiger partial charge in [-0.05, 0) is 104 Å². The largest absolute Gasteiger partial charge is 0.456 e. The first-order chi connectivity index (χ1) is 24.3. The maximum atomic E-state index is 6.25. The molecule has 2 heteroatoms. The Morgan fingerprint density at radius 3 is 1.82 bits per heavy atom. The first-order valence-corrected chi connectivity index (χ1v) is 17.6. The van der Waals surface area contributed by atoms with Crippen LogP contribution in [0.25, 0.3) is 55.3 Å². The van der Waals surface area contributed by atoms with E-state index in [9.17, 15) is 0 Å². The number of rotatable bonds is 4. The number of benzene rings is 7. The highest BCUT2D eigenvalue weighted by atomic mass is 16.3. The minimum atomic E-state index is -0.158. The van der Waals surface area contributed by atoms with Crippen molar-refractivity contribution in [3.63, 3.8) is 0 Å². The van der Waals surface area contributed by atoms with E-state index in [4.69, 9.17) is 4.42 Å². The summed E-state index contributed by atoms with van der Waals surface area (Å²) in [4.78, 5) is 2.48. The maximum absolute atomic E-state index is 6.25. The van der Waals surface area contributed by atoms with Crippen LogP contribution in [-0.4, -0.2) is 0 Å². The van der Waals surface area contributed by atoms with Crippen molar-refractivity contribution in [1.82, 2.24) is 0 Å². The van der Waals surface area contributed by atoms with Crippen molar-refractivity contribution in [3.8, 4) is 33.4 Å². The molecular weight excluding hydrogens is 607 g/mol. The van der Waals surface area contributed by atoms with E-state index < -0.39 is 0 Å². The van der Waals surface area contributed by atoms with Crippen molar-refractivity contribution in [2.75, 3.05) is 4.90 Å². The van der Waals surface area contributed by atoms with Crippen LogP contribution < -0.4 is 4.90 Å². The van der Waals surface area contributed by atoms with Crippen LogP contribution in [-0.2, 0) is 10.8 Å². The van der Waals surface area contributed by atoms with Gasteiger partial charge in [0.2, 0.25) is 0 Å². The fourth-order valence-electron chi connectivity index (χ4n) is 8.97. The third-order valence-electron chi connectivity index (χ3n) is 11.5. The summed E-state index contributed by atoms with van der Waals surface area (Å²) in [5.41, 5.74) is 18.2. The Kier molecular flexibility index (Phi) is 6.01. The van der Waals surface area contributed by atoms with Gasteiger partial charge in [-0.1, -0.05) is 131 Å². The molecule has 0 N–H and O–H groups in total. The van der Waals surface area contributed by atoms with Crippen molar-refractivity contribution >= 4 is 39.0 Å². The quantitative estimate of drug-likeness (QED) is 0.190. The van der Waals surface area contributed by atoms with Crippen LogP contribution in [0.4, 0.5) is 17.1 Å². The Hall–Kier alpha value is -5.86. The van der Waals surface area contributed by atoms with Gasteiger partial charge in [-0.2, -0.15) is 0 Å². The topological polar surface area (TPSA) is 16.4 Å². The number of hydrogen-bond acceptors (Lipinski definition) is 2. The van der Waals surface area contributed by atoms with Crippen LogP contribution in [0.2, 0.25) is 0 Å². The van der Waals surface area contributed by atoms with Crippen molar-refractivity contribution in [2.45, 2.75) is 38.5 Å². The van der Waals surface area contributed by atoms with Gasteiger partial charge in [-0.25, -0.2) is 0 Å². The summed E-state index contributed by atoms with van der Waals surface area (Å²) >= 11 is 0. The highest BCUT2D eigenvalue weighted by molar-refractivity contribution is 6.06. The maximum Gasteiger partial charge on any atom is 0.136 e. The number of nitrogens with zero attached hydrogens (tertiary/aromatic N) is 1. The Labute approximate surface area is 293 Å². The lowest BCUT2D eigenvalue weighted by Crippen LogP contribution is -2.21. The van der Waals surface area contributed by atoms with E-state index in [0.717, 1.165) is 38.8 Å². The van der Waals surface area contributed by atoms with Gasteiger partial charge in [-0.15, -0.1) is 0 Å². The van der Waals surface area contributed by atoms with Gasteiger partial charge in [0.1, 0.15) is 11.2 Å². The SMILES string of the molecule is CC1(C)c2ccccc2-c2ccc(N(c3ccc(-c4ccc5c(c4)oc4ccccc45)cc3)c3cccc4c3C(C)(C)c3ccccc3-4)cc21. The molecule has 8 aromatic rings. The van der Waals surface area contributed by atoms with E-state index in [1.807, 2.05) is 12.1 Å². The molecule has 1 heterocycles. The van der Waals surface area contributed by atoms with Crippen molar-refractivity contribution in [2.24, 2.45) is 0 Å². The van der Waals surface area contributed by atoms with E-state index in [1.165, 1.54) is 55.9 Å². The zero-order valence-electron chi connectivity index (χ0n) is 28.8. The van der Waals surface area contributed by atoms with Crippen LogP contribution >= 0.6 is 0 Å². The summed E-state index contributed by atoms with van der Waals surface area (Å²) in [5.74, 6) is 0. The second-order valence-electron chi connectivity index (χ2n) is 15.0. The van der Waals surface area contributed by atoms with E-state index in [2.05, 4.69) is 172 Å². The Morgan fingerprint density at radius 2 is 1.02 bits per heavy atom. The number of para-hydroxylation sites is 1. The molecule has 0 atom stereocenters. The zero-order valence-corrected chi connectivity index (χ0v) is 28.8. The number of anilines is 3. The van der Waals surface area contributed by atoms with Gasteiger partial charge in [0.15, 0.2) is 0 Å². The molecule has 0 bridgehead atoms. The number of hydrogen-bond donors (Lipinski definition) is 0. The molecule has 10 rings (SSSR count). The van der Waals surface area contributed by atoms with E-state index in [1.54, 1.807) is 0 Å². The monoisotopic (exact) mass is 643 g/mol. The zero-order chi connectivity index (χ0) is 33.8. The van der Waals surface area contributed by atoms with Crippen molar-refractivity contribution in [3.05, 3.63) is 174 Å². The molecule has 1 aromatic heterocycles. The normalized spacial score (nSPS) is 14.7. The van der Waals surface area contributed by atoms with E-state index in [-0.39, 0.29) is 10.8 Å². The molecule has 2 nitrogen and oxygen atoms in total.